The molecule has 1 fully saturated rings. The predicted molar refractivity (Wildman–Crippen MR) is 87.7 cm³/mol. The van der Waals surface area contributed by atoms with E-state index >= 15 is 0 Å². The zero-order valence-electron chi connectivity index (χ0n) is 13.8. The molecule has 24 heavy (non-hydrogen) atoms. The molecule has 0 bridgehead atoms. The summed E-state index contributed by atoms with van der Waals surface area (Å²) in [5, 5.41) is 8.20. The van der Waals surface area contributed by atoms with E-state index in [0.717, 1.165) is 36.5 Å². The normalized spacial score (nSPS) is 20.0. The highest BCUT2D eigenvalue weighted by Crippen LogP contribution is 2.30. The Morgan fingerprint density at radius 3 is 3.17 bits per heavy atom. The third-order valence-corrected chi connectivity index (χ3v) is 4.52. The lowest BCUT2D eigenvalue weighted by atomic mass is 10.1. The minimum absolute atomic E-state index is 0.0453. The van der Waals surface area contributed by atoms with Crippen LogP contribution >= 0.6 is 0 Å². The summed E-state index contributed by atoms with van der Waals surface area (Å²) in [6, 6.07) is 3.79. The number of ether oxygens (including phenoxy) is 3. The number of fused-ring (bicyclic) bond motifs is 1. The summed E-state index contributed by atoms with van der Waals surface area (Å²) in [4.78, 5) is 4.12. The second kappa shape index (κ2) is 6.78. The molecule has 7 heteroatoms. The van der Waals surface area contributed by atoms with Crippen molar-refractivity contribution in [1.29, 1.82) is 0 Å². The van der Waals surface area contributed by atoms with Crippen molar-refractivity contribution in [2.24, 2.45) is 0 Å². The minimum Gasteiger partial charge on any atom is -0.481 e. The van der Waals surface area contributed by atoms with Gasteiger partial charge >= 0.3 is 0 Å². The van der Waals surface area contributed by atoms with Gasteiger partial charge in [0.1, 0.15) is 0 Å². The Kier molecular flexibility index (Phi) is 4.36. The molecule has 0 aromatic carbocycles. The number of methoxy groups -OCH3 is 1. The molecule has 2 aliphatic heterocycles. The third-order valence-electron chi connectivity index (χ3n) is 4.52. The van der Waals surface area contributed by atoms with Crippen LogP contribution < -0.4 is 10.1 Å². The second-order valence-electron chi connectivity index (χ2n) is 6.07. The van der Waals surface area contributed by atoms with Crippen molar-refractivity contribution in [3.8, 4) is 5.88 Å². The molecular weight excluding hydrogens is 308 g/mol. The highest BCUT2D eigenvalue weighted by molar-refractivity contribution is 5.45. The van der Waals surface area contributed by atoms with Gasteiger partial charge in [-0.2, -0.15) is 5.10 Å². The maximum absolute atomic E-state index is 5.90. The van der Waals surface area contributed by atoms with E-state index in [1.807, 2.05) is 16.8 Å². The van der Waals surface area contributed by atoms with Gasteiger partial charge in [0.25, 0.3) is 0 Å². The van der Waals surface area contributed by atoms with E-state index in [4.69, 9.17) is 19.3 Å². The predicted octanol–water partition coefficient (Wildman–Crippen LogP) is 2.63. The van der Waals surface area contributed by atoms with E-state index in [9.17, 15) is 0 Å². The zero-order chi connectivity index (χ0) is 16.4. The van der Waals surface area contributed by atoms with Crippen LogP contribution in [-0.2, 0) is 29.2 Å². The molecule has 7 nitrogen and oxygen atoms in total. The van der Waals surface area contributed by atoms with Gasteiger partial charge in [-0.1, -0.05) is 0 Å². The van der Waals surface area contributed by atoms with Crippen LogP contribution in [0.1, 0.15) is 42.4 Å². The minimum atomic E-state index is 0.0453. The van der Waals surface area contributed by atoms with Gasteiger partial charge in [-0.15, -0.1) is 0 Å². The molecule has 1 atom stereocenters. The lowest BCUT2D eigenvalue weighted by molar-refractivity contribution is -0.0431. The van der Waals surface area contributed by atoms with Crippen LogP contribution in [0.15, 0.2) is 18.3 Å². The summed E-state index contributed by atoms with van der Waals surface area (Å²) in [7, 11) is 1.61. The maximum Gasteiger partial charge on any atom is 0.214 e. The Morgan fingerprint density at radius 2 is 2.33 bits per heavy atom. The van der Waals surface area contributed by atoms with Crippen molar-refractivity contribution in [3.63, 3.8) is 0 Å². The highest BCUT2D eigenvalue weighted by atomic mass is 16.5. The maximum atomic E-state index is 5.90. The van der Waals surface area contributed by atoms with Gasteiger partial charge in [-0.25, -0.2) is 9.67 Å². The van der Waals surface area contributed by atoms with Gasteiger partial charge in [-0.05, 0) is 25.3 Å². The molecule has 2 aromatic heterocycles. The monoisotopic (exact) mass is 330 g/mol. The number of rotatable bonds is 5. The molecule has 1 saturated heterocycles. The summed E-state index contributed by atoms with van der Waals surface area (Å²) in [5.41, 5.74) is 4.33. The molecule has 4 rings (SSSR count). The van der Waals surface area contributed by atoms with Crippen LogP contribution in [-0.4, -0.2) is 28.5 Å². The molecule has 2 aliphatic rings. The topological polar surface area (TPSA) is 70.4 Å². The van der Waals surface area contributed by atoms with E-state index in [2.05, 4.69) is 10.3 Å². The van der Waals surface area contributed by atoms with Gasteiger partial charge in [0.05, 0.1) is 38.3 Å². The average Bonchev–Trinajstić information content (AvgIpc) is 3.24. The van der Waals surface area contributed by atoms with E-state index < -0.39 is 0 Å². The summed E-state index contributed by atoms with van der Waals surface area (Å²) < 4.78 is 18.7. The van der Waals surface area contributed by atoms with Crippen molar-refractivity contribution in [2.75, 3.05) is 19.0 Å². The van der Waals surface area contributed by atoms with Crippen LogP contribution in [0.25, 0.3) is 0 Å². The van der Waals surface area contributed by atoms with Gasteiger partial charge in [0.2, 0.25) is 5.88 Å². The molecule has 0 radical (unpaired) electrons. The quantitative estimate of drug-likeness (QED) is 0.909. The number of aromatic nitrogens is 3. The number of nitrogens with zero attached hydrogens (tertiary/aromatic N) is 3. The first-order valence-electron chi connectivity index (χ1n) is 8.37. The molecule has 0 saturated carbocycles. The molecule has 0 aliphatic carbocycles. The fraction of sp³-hybridized carbons (Fsp3) is 0.529. The summed E-state index contributed by atoms with van der Waals surface area (Å²) >= 11 is 0. The fourth-order valence-electron chi connectivity index (χ4n) is 3.24. The van der Waals surface area contributed by atoms with Gasteiger partial charge in [0.15, 0.2) is 6.23 Å². The molecule has 0 amide bonds. The molecule has 1 N–H and O–H groups in total. The lowest BCUT2D eigenvalue weighted by Gasteiger charge is -2.24. The first-order chi connectivity index (χ1) is 11.8. The molecule has 0 spiro atoms. The van der Waals surface area contributed by atoms with Crippen molar-refractivity contribution >= 4 is 5.69 Å². The second-order valence-corrected chi connectivity index (χ2v) is 6.07. The number of hydrogen-bond acceptors (Lipinski definition) is 6. The summed E-state index contributed by atoms with van der Waals surface area (Å²) in [6.45, 7) is 2.69. The first-order valence-corrected chi connectivity index (χ1v) is 8.37. The van der Waals surface area contributed by atoms with Crippen molar-refractivity contribution < 1.29 is 14.2 Å². The van der Waals surface area contributed by atoms with Crippen molar-refractivity contribution in [1.82, 2.24) is 14.8 Å². The Balaban J connectivity index is 1.52. The first kappa shape index (κ1) is 15.4. The fourth-order valence-corrected chi connectivity index (χ4v) is 3.24. The molecule has 1 unspecified atom stereocenters. The van der Waals surface area contributed by atoms with Gasteiger partial charge in [0, 0.05) is 30.1 Å². The van der Waals surface area contributed by atoms with E-state index in [1.165, 1.54) is 12.0 Å². The molecular formula is C17H22N4O3. The molecule has 128 valence electrons. The third kappa shape index (κ3) is 2.97. The molecule has 4 heterocycles. The number of hydrogen-bond donors (Lipinski definition) is 1. The number of nitrogens with one attached hydrogen (secondary N) is 1. The van der Waals surface area contributed by atoms with Gasteiger partial charge in [-0.3, -0.25) is 0 Å². The number of anilines is 1. The van der Waals surface area contributed by atoms with E-state index in [0.29, 0.717) is 25.6 Å². The zero-order valence-corrected chi connectivity index (χ0v) is 13.8. The van der Waals surface area contributed by atoms with Crippen LogP contribution in [0, 0.1) is 0 Å². The Labute approximate surface area is 140 Å². The lowest BCUT2D eigenvalue weighted by Crippen LogP contribution is -2.21. The summed E-state index contributed by atoms with van der Waals surface area (Å²) in [6.07, 6.45) is 5.11. The Morgan fingerprint density at radius 1 is 1.38 bits per heavy atom. The van der Waals surface area contributed by atoms with Crippen LogP contribution in [0.2, 0.25) is 0 Å². The van der Waals surface area contributed by atoms with Crippen LogP contribution in [0.4, 0.5) is 5.69 Å². The standard InChI is InChI=1S/C17H22N4O3/c1-22-16-8-12(5-6-18-16)19-9-14-13-10-23-11-15(13)21(20-14)17-4-2-3-7-24-17/h5-6,8,17H,2-4,7,9-11H2,1H3,(H,18,19). The van der Waals surface area contributed by atoms with E-state index in [-0.39, 0.29) is 6.23 Å². The Hall–Kier alpha value is -2.12. The highest BCUT2D eigenvalue weighted by Gasteiger charge is 2.28. The molecule has 2 aromatic rings. The largest absolute Gasteiger partial charge is 0.481 e. The van der Waals surface area contributed by atoms with Crippen molar-refractivity contribution in [3.05, 3.63) is 35.3 Å². The van der Waals surface area contributed by atoms with Crippen LogP contribution in [0.3, 0.4) is 0 Å². The number of pyridine rings is 1. The SMILES string of the molecule is COc1cc(NCc2nn(C3CCCCO3)c3c2COC3)ccn1. The van der Waals surface area contributed by atoms with Crippen LogP contribution in [0.5, 0.6) is 5.88 Å². The summed E-state index contributed by atoms with van der Waals surface area (Å²) in [5.74, 6) is 0.592. The van der Waals surface area contributed by atoms with Gasteiger partial charge < -0.3 is 19.5 Å². The van der Waals surface area contributed by atoms with E-state index in [1.54, 1.807) is 13.3 Å². The smallest absolute Gasteiger partial charge is 0.214 e. The average molecular weight is 330 g/mol. The Bertz CT molecular complexity index is 710. The van der Waals surface area contributed by atoms with Crippen molar-refractivity contribution in [2.45, 2.75) is 45.2 Å².